The van der Waals surface area contributed by atoms with E-state index in [9.17, 15) is 13.2 Å². The maximum atomic E-state index is 13.0. The second-order valence-corrected chi connectivity index (χ2v) is 3.83. The summed E-state index contributed by atoms with van der Waals surface area (Å²) in [6.45, 7) is 1.81. The molecule has 94 valence electrons. The molecule has 1 aromatic carbocycles. The average molecular weight is 253 g/mol. The van der Waals surface area contributed by atoms with Gasteiger partial charge in [0.1, 0.15) is 0 Å². The van der Waals surface area contributed by atoms with Gasteiger partial charge in [0.25, 0.3) is 0 Å². The quantitative estimate of drug-likeness (QED) is 0.808. The number of hydrogen-bond acceptors (Lipinski definition) is 3. The second kappa shape index (κ2) is 4.56. The average Bonchev–Trinajstić information content (AvgIpc) is 2.29. The molecule has 0 aliphatic carbocycles. The summed E-state index contributed by atoms with van der Waals surface area (Å²) >= 11 is 0. The molecule has 18 heavy (non-hydrogen) atoms. The van der Waals surface area contributed by atoms with Gasteiger partial charge in [-0.2, -0.15) is 0 Å². The monoisotopic (exact) mass is 253 g/mol. The van der Waals surface area contributed by atoms with Gasteiger partial charge in [-0.25, -0.2) is 18.2 Å². The number of rotatable bonds is 2. The normalized spacial score (nSPS) is 10.4. The van der Waals surface area contributed by atoms with Crippen molar-refractivity contribution >= 4 is 17.2 Å². The van der Waals surface area contributed by atoms with Gasteiger partial charge in [-0.15, -0.1) is 0 Å². The Morgan fingerprint density at radius 2 is 1.72 bits per heavy atom. The van der Waals surface area contributed by atoms with Crippen LogP contribution in [0.5, 0.6) is 0 Å². The molecule has 0 saturated carbocycles. The first kappa shape index (κ1) is 12.2. The van der Waals surface area contributed by atoms with E-state index >= 15 is 0 Å². The van der Waals surface area contributed by atoms with Crippen LogP contribution in [-0.4, -0.2) is 4.98 Å². The summed E-state index contributed by atoms with van der Waals surface area (Å²) in [5.74, 6) is -3.80. The van der Waals surface area contributed by atoms with Gasteiger partial charge in [-0.1, -0.05) is 0 Å². The first-order chi connectivity index (χ1) is 8.47. The maximum absolute atomic E-state index is 13.0. The largest absolute Gasteiger partial charge is 0.396 e. The fourth-order valence-electron chi connectivity index (χ4n) is 1.46. The number of anilines is 3. The van der Waals surface area contributed by atoms with Crippen LogP contribution >= 0.6 is 0 Å². The minimum Gasteiger partial charge on any atom is -0.396 e. The van der Waals surface area contributed by atoms with Crippen molar-refractivity contribution in [2.75, 3.05) is 11.1 Å². The molecule has 2 rings (SSSR count). The summed E-state index contributed by atoms with van der Waals surface area (Å²) in [7, 11) is 0. The van der Waals surface area contributed by atoms with Crippen LogP contribution in [0.3, 0.4) is 0 Å². The highest BCUT2D eigenvalue weighted by Crippen LogP contribution is 2.24. The van der Waals surface area contributed by atoms with Gasteiger partial charge in [0, 0.05) is 24.0 Å². The topological polar surface area (TPSA) is 50.9 Å². The summed E-state index contributed by atoms with van der Waals surface area (Å²) < 4.78 is 38.8. The van der Waals surface area contributed by atoms with Crippen molar-refractivity contribution in [2.24, 2.45) is 0 Å². The zero-order valence-corrected chi connectivity index (χ0v) is 9.47. The molecule has 3 N–H and O–H groups in total. The third-order valence-electron chi connectivity index (χ3n) is 2.30. The molecule has 0 saturated heterocycles. The van der Waals surface area contributed by atoms with Crippen molar-refractivity contribution in [1.82, 2.24) is 4.98 Å². The molecule has 0 bridgehead atoms. The molecular weight excluding hydrogens is 243 g/mol. The SMILES string of the molecule is Cc1cnc(Nc2cc(F)c(F)c(F)c2)c(N)c1. The molecule has 0 aliphatic heterocycles. The van der Waals surface area contributed by atoms with Crippen LogP contribution in [0.4, 0.5) is 30.4 Å². The van der Waals surface area contributed by atoms with Crippen LogP contribution in [0, 0.1) is 24.4 Å². The van der Waals surface area contributed by atoms with Crippen LogP contribution < -0.4 is 11.1 Å². The smallest absolute Gasteiger partial charge is 0.194 e. The Kier molecular flexibility index (Phi) is 3.10. The van der Waals surface area contributed by atoms with Gasteiger partial charge < -0.3 is 11.1 Å². The maximum Gasteiger partial charge on any atom is 0.194 e. The van der Waals surface area contributed by atoms with E-state index in [1.165, 1.54) is 0 Å². The molecule has 2 aromatic rings. The molecule has 3 nitrogen and oxygen atoms in total. The highest BCUT2D eigenvalue weighted by molar-refractivity contribution is 5.68. The van der Waals surface area contributed by atoms with Crippen molar-refractivity contribution in [1.29, 1.82) is 0 Å². The number of halogens is 3. The van der Waals surface area contributed by atoms with E-state index in [1.807, 2.05) is 6.92 Å². The Balaban J connectivity index is 2.34. The number of hydrogen-bond donors (Lipinski definition) is 2. The lowest BCUT2D eigenvalue weighted by molar-refractivity contribution is 0.448. The zero-order valence-electron chi connectivity index (χ0n) is 9.47. The van der Waals surface area contributed by atoms with Crippen molar-refractivity contribution in [3.63, 3.8) is 0 Å². The summed E-state index contributed by atoms with van der Waals surface area (Å²) in [6.07, 6.45) is 1.55. The van der Waals surface area contributed by atoms with Crippen LogP contribution in [0.15, 0.2) is 24.4 Å². The minimum atomic E-state index is -1.51. The fourth-order valence-corrected chi connectivity index (χ4v) is 1.46. The highest BCUT2D eigenvalue weighted by Gasteiger charge is 2.11. The molecule has 1 aromatic heterocycles. The molecule has 0 spiro atoms. The summed E-state index contributed by atoms with van der Waals surface area (Å²) in [5.41, 5.74) is 6.91. The Morgan fingerprint density at radius 3 is 2.28 bits per heavy atom. The number of aryl methyl sites for hydroxylation is 1. The number of nitrogens with zero attached hydrogens (tertiary/aromatic N) is 1. The van der Waals surface area contributed by atoms with Gasteiger partial charge >= 0.3 is 0 Å². The Labute approximate surface area is 101 Å². The van der Waals surface area contributed by atoms with Crippen LogP contribution in [-0.2, 0) is 0 Å². The van der Waals surface area contributed by atoms with Crippen molar-refractivity contribution in [3.05, 3.63) is 47.4 Å². The number of pyridine rings is 1. The Hall–Kier alpha value is -2.24. The molecule has 0 radical (unpaired) electrons. The van der Waals surface area contributed by atoms with Gasteiger partial charge in [0.2, 0.25) is 0 Å². The lowest BCUT2D eigenvalue weighted by atomic mass is 10.2. The Morgan fingerprint density at radius 1 is 1.11 bits per heavy atom. The summed E-state index contributed by atoms with van der Waals surface area (Å²) in [5, 5.41) is 2.63. The molecular formula is C12H10F3N3. The molecule has 6 heteroatoms. The molecule has 1 heterocycles. The number of nitrogen functional groups attached to an aromatic ring is 1. The first-order valence-corrected chi connectivity index (χ1v) is 5.11. The van der Waals surface area contributed by atoms with E-state index in [1.54, 1.807) is 12.3 Å². The summed E-state index contributed by atoms with van der Waals surface area (Å²) in [6, 6.07) is 3.32. The van der Waals surface area contributed by atoms with Crippen LogP contribution in [0.1, 0.15) is 5.56 Å². The van der Waals surface area contributed by atoms with E-state index in [0.29, 0.717) is 5.69 Å². The molecule has 0 fully saturated rings. The number of aromatic nitrogens is 1. The third-order valence-corrected chi connectivity index (χ3v) is 2.30. The van der Waals surface area contributed by atoms with Gasteiger partial charge in [-0.3, -0.25) is 0 Å². The van der Waals surface area contributed by atoms with Crippen molar-refractivity contribution in [3.8, 4) is 0 Å². The standard InChI is InChI=1S/C12H10F3N3/c1-6-2-10(16)12(17-5-6)18-7-3-8(13)11(15)9(14)4-7/h2-5H,16H2,1H3,(H,17,18). The summed E-state index contributed by atoms with van der Waals surface area (Å²) in [4.78, 5) is 3.98. The van der Waals surface area contributed by atoms with Gasteiger partial charge in [0.15, 0.2) is 23.3 Å². The van der Waals surface area contributed by atoms with Gasteiger partial charge in [0.05, 0.1) is 5.69 Å². The van der Waals surface area contributed by atoms with Crippen LogP contribution in [0.2, 0.25) is 0 Å². The van der Waals surface area contributed by atoms with E-state index in [-0.39, 0.29) is 11.5 Å². The fraction of sp³-hybridized carbons (Fsp3) is 0.0833. The van der Waals surface area contributed by atoms with E-state index in [0.717, 1.165) is 17.7 Å². The molecule has 0 aliphatic rings. The van der Waals surface area contributed by atoms with E-state index in [4.69, 9.17) is 5.73 Å². The molecule has 0 amide bonds. The minimum absolute atomic E-state index is 0.0365. The highest BCUT2D eigenvalue weighted by atomic mass is 19.2. The predicted octanol–water partition coefficient (Wildman–Crippen LogP) is 3.13. The van der Waals surface area contributed by atoms with Crippen molar-refractivity contribution < 1.29 is 13.2 Å². The zero-order chi connectivity index (χ0) is 13.3. The second-order valence-electron chi connectivity index (χ2n) is 3.83. The Bertz CT molecular complexity index is 576. The number of nitrogens with two attached hydrogens (primary N) is 1. The number of nitrogens with one attached hydrogen (secondary N) is 1. The lowest BCUT2D eigenvalue weighted by Gasteiger charge is -2.09. The van der Waals surface area contributed by atoms with Crippen LogP contribution in [0.25, 0.3) is 0 Å². The lowest BCUT2D eigenvalue weighted by Crippen LogP contribution is -2.01. The first-order valence-electron chi connectivity index (χ1n) is 5.11. The van der Waals surface area contributed by atoms with E-state index < -0.39 is 17.5 Å². The predicted molar refractivity (Wildman–Crippen MR) is 63.0 cm³/mol. The number of benzene rings is 1. The molecule has 0 atom stereocenters. The molecule has 0 unspecified atom stereocenters. The van der Waals surface area contributed by atoms with E-state index in [2.05, 4.69) is 10.3 Å². The van der Waals surface area contributed by atoms with Crippen molar-refractivity contribution in [2.45, 2.75) is 6.92 Å². The third kappa shape index (κ3) is 2.37. The van der Waals surface area contributed by atoms with Gasteiger partial charge in [-0.05, 0) is 18.6 Å².